The first-order valence-electron chi connectivity index (χ1n) is 9.51. The Labute approximate surface area is 178 Å². The van der Waals surface area contributed by atoms with E-state index in [0.717, 1.165) is 48.2 Å². The van der Waals surface area contributed by atoms with Gasteiger partial charge in [-0.3, -0.25) is 4.68 Å². The number of piperidine rings is 1. The number of nitrogens with one attached hydrogen (secondary N) is 1. The van der Waals surface area contributed by atoms with Crippen LogP contribution in [-0.4, -0.2) is 37.5 Å². The van der Waals surface area contributed by atoms with Crippen LogP contribution in [0.15, 0.2) is 49.2 Å². The Balaban J connectivity index is 0.00000218. The number of aromatic nitrogens is 5. The molecule has 1 fully saturated rings. The predicted molar refractivity (Wildman–Crippen MR) is 113 cm³/mol. The molecule has 0 unspecified atom stereocenters. The fraction of sp³-hybridized carbons (Fsp3) is 0.238. The molecule has 1 aliphatic rings. The fourth-order valence-electron chi connectivity index (χ4n) is 3.87. The summed E-state index contributed by atoms with van der Waals surface area (Å²) in [6.07, 6.45) is 10.9. The topological polar surface area (TPSA) is 83.8 Å². The number of halogens is 2. The van der Waals surface area contributed by atoms with Crippen LogP contribution in [0.1, 0.15) is 24.4 Å². The first-order chi connectivity index (χ1) is 14.2. The van der Waals surface area contributed by atoms with Gasteiger partial charge in [0.2, 0.25) is 5.95 Å². The van der Waals surface area contributed by atoms with Gasteiger partial charge in [0.1, 0.15) is 6.07 Å². The van der Waals surface area contributed by atoms with Crippen molar-refractivity contribution in [1.29, 1.82) is 5.26 Å². The Hall–Kier alpha value is -3.28. The largest absolute Gasteiger partial charge is 0.317 e. The van der Waals surface area contributed by atoms with Crippen molar-refractivity contribution in [2.24, 2.45) is 0 Å². The molecule has 152 valence electrons. The zero-order valence-corrected chi connectivity index (χ0v) is 16.8. The van der Waals surface area contributed by atoms with Crippen molar-refractivity contribution in [3.63, 3.8) is 0 Å². The van der Waals surface area contributed by atoms with Gasteiger partial charge >= 0.3 is 0 Å². The smallest absolute Gasteiger partial charge is 0.212 e. The van der Waals surface area contributed by atoms with Crippen LogP contribution in [0.4, 0.5) is 4.39 Å². The molecule has 1 saturated heterocycles. The fourth-order valence-corrected chi connectivity index (χ4v) is 3.87. The molecule has 4 aromatic rings. The molecule has 5 rings (SSSR count). The minimum atomic E-state index is -0.543. The summed E-state index contributed by atoms with van der Waals surface area (Å²) in [7, 11) is 0. The highest BCUT2D eigenvalue weighted by Gasteiger charge is 2.18. The number of fused-ring (bicyclic) bond motifs is 1. The minimum Gasteiger partial charge on any atom is -0.317 e. The maximum absolute atomic E-state index is 13.3. The summed E-state index contributed by atoms with van der Waals surface area (Å²) in [5, 5.41) is 21.8. The third-order valence-electron chi connectivity index (χ3n) is 5.39. The molecule has 0 saturated carbocycles. The molecular weight excluding hydrogens is 405 g/mol. The van der Waals surface area contributed by atoms with Gasteiger partial charge in [-0.05, 0) is 44.1 Å². The average molecular weight is 424 g/mol. The second-order valence-corrected chi connectivity index (χ2v) is 7.17. The number of nitriles is 1. The van der Waals surface area contributed by atoms with Crippen molar-refractivity contribution in [3.8, 4) is 28.3 Å². The molecule has 0 bridgehead atoms. The Morgan fingerprint density at radius 2 is 1.87 bits per heavy atom. The van der Waals surface area contributed by atoms with E-state index in [1.54, 1.807) is 10.6 Å². The zero-order valence-electron chi connectivity index (χ0n) is 16.0. The van der Waals surface area contributed by atoms with Crippen LogP contribution in [0.2, 0.25) is 0 Å². The van der Waals surface area contributed by atoms with Crippen LogP contribution in [-0.2, 0) is 0 Å². The maximum Gasteiger partial charge on any atom is 0.212 e. The maximum atomic E-state index is 13.3. The highest BCUT2D eigenvalue weighted by atomic mass is 35.5. The van der Waals surface area contributed by atoms with Gasteiger partial charge in [-0.2, -0.15) is 19.8 Å². The molecule has 0 atom stereocenters. The zero-order chi connectivity index (χ0) is 19.8. The monoisotopic (exact) mass is 423 g/mol. The van der Waals surface area contributed by atoms with Crippen LogP contribution in [0, 0.1) is 17.3 Å². The molecule has 1 aliphatic heterocycles. The minimum absolute atomic E-state index is 0. The number of hydrogen-bond acceptors (Lipinski definition) is 5. The Bertz CT molecular complexity index is 1220. The van der Waals surface area contributed by atoms with Crippen molar-refractivity contribution in [1.82, 2.24) is 29.7 Å². The number of pyridine rings is 2. The van der Waals surface area contributed by atoms with E-state index >= 15 is 0 Å². The van der Waals surface area contributed by atoms with Gasteiger partial charge in [0.25, 0.3) is 0 Å². The molecule has 0 aromatic carbocycles. The molecule has 0 amide bonds. The molecule has 7 nitrogen and oxygen atoms in total. The van der Waals surface area contributed by atoms with E-state index in [-0.39, 0.29) is 12.4 Å². The van der Waals surface area contributed by atoms with Gasteiger partial charge in [-0.1, -0.05) is 0 Å². The van der Waals surface area contributed by atoms with E-state index < -0.39 is 5.95 Å². The molecule has 1 N–H and O–H groups in total. The number of nitrogens with zero attached hydrogens (tertiary/aromatic N) is 6. The third kappa shape index (κ3) is 3.54. The number of hydrogen-bond donors (Lipinski definition) is 1. The standard InChI is InChI=1S/C21H18FN7.ClH/c22-20-2-1-14(9-25-20)19-7-15(12-29-21(19)16(8-23)10-27-29)17-11-26-28(13-17)18-3-5-24-6-4-18;/h1-2,7,9-13,18,24H,3-6H2;1H. The van der Waals surface area contributed by atoms with Crippen molar-refractivity contribution in [2.75, 3.05) is 13.1 Å². The lowest BCUT2D eigenvalue weighted by Crippen LogP contribution is -2.29. The van der Waals surface area contributed by atoms with Crippen LogP contribution < -0.4 is 5.32 Å². The lowest BCUT2D eigenvalue weighted by molar-refractivity contribution is 0.343. The second kappa shape index (κ2) is 8.22. The van der Waals surface area contributed by atoms with E-state index in [4.69, 9.17) is 0 Å². The first-order valence-corrected chi connectivity index (χ1v) is 9.51. The Kier molecular flexibility index (Phi) is 5.48. The van der Waals surface area contributed by atoms with Crippen LogP contribution in [0.5, 0.6) is 0 Å². The Morgan fingerprint density at radius 1 is 1.03 bits per heavy atom. The molecule has 5 heterocycles. The predicted octanol–water partition coefficient (Wildman–Crippen LogP) is 3.62. The third-order valence-corrected chi connectivity index (χ3v) is 5.39. The van der Waals surface area contributed by atoms with E-state index in [0.29, 0.717) is 17.1 Å². The molecule has 0 radical (unpaired) electrons. The quantitative estimate of drug-likeness (QED) is 0.509. The van der Waals surface area contributed by atoms with Crippen molar-refractivity contribution in [2.45, 2.75) is 18.9 Å². The van der Waals surface area contributed by atoms with E-state index in [9.17, 15) is 9.65 Å². The van der Waals surface area contributed by atoms with Gasteiger partial charge in [-0.25, -0.2) is 9.50 Å². The average Bonchev–Trinajstić information content (AvgIpc) is 3.41. The van der Waals surface area contributed by atoms with Crippen molar-refractivity contribution < 1.29 is 4.39 Å². The molecule has 9 heteroatoms. The summed E-state index contributed by atoms with van der Waals surface area (Å²) in [6, 6.07) is 7.53. The van der Waals surface area contributed by atoms with Crippen LogP contribution in [0.25, 0.3) is 27.8 Å². The van der Waals surface area contributed by atoms with Crippen molar-refractivity contribution in [3.05, 3.63) is 60.7 Å². The van der Waals surface area contributed by atoms with Gasteiger partial charge < -0.3 is 5.32 Å². The van der Waals surface area contributed by atoms with E-state index in [2.05, 4.69) is 32.8 Å². The van der Waals surface area contributed by atoms with Gasteiger partial charge in [0, 0.05) is 40.8 Å². The van der Waals surface area contributed by atoms with Crippen molar-refractivity contribution >= 4 is 17.9 Å². The number of rotatable bonds is 3. The summed E-state index contributed by atoms with van der Waals surface area (Å²) in [4.78, 5) is 3.77. The lowest BCUT2D eigenvalue weighted by Gasteiger charge is -2.22. The molecule has 30 heavy (non-hydrogen) atoms. The van der Waals surface area contributed by atoms with Gasteiger partial charge in [-0.15, -0.1) is 12.4 Å². The second-order valence-electron chi connectivity index (χ2n) is 7.17. The van der Waals surface area contributed by atoms with E-state index in [1.807, 2.05) is 23.1 Å². The van der Waals surface area contributed by atoms with Crippen LogP contribution in [0.3, 0.4) is 0 Å². The molecule has 4 aromatic heterocycles. The highest BCUT2D eigenvalue weighted by Crippen LogP contribution is 2.32. The van der Waals surface area contributed by atoms with Gasteiger partial charge in [0.15, 0.2) is 0 Å². The first kappa shape index (κ1) is 20.0. The van der Waals surface area contributed by atoms with Crippen LogP contribution >= 0.6 is 12.4 Å². The lowest BCUT2D eigenvalue weighted by atomic mass is 10.0. The van der Waals surface area contributed by atoms with E-state index in [1.165, 1.54) is 18.5 Å². The summed E-state index contributed by atoms with van der Waals surface area (Å²) in [6.45, 7) is 2.00. The highest BCUT2D eigenvalue weighted by molar-refractivity contribution is 5.87. The summed E-state index contributed by atoms with van der Waals surface area (Å²) in [5.41, 5.74) is 4.52. The normalized spacial score (nSPS) is 14.4. The molecule has 0 aliphatic carbocycles. The SMILES string of the molecule is Cl.N#Cc1cnn2cc(-c3cnn(C4CCNCC4)c3)cc(-c3ccc(F)nc3)c12. The Morgan fingerprint density at radius 3 is 2.60 bits per heavy atom. The molecule has 0 spiro atoms. The summed E-state index contributed by atoms with van der Waals surface area (Å²) >= 11 is 0. The van der Waals surface area contributed by atoms with Gasteiger partial charge in [0.05, 0.1) is 29.5 Å². The molecular formula is C21H19ClFN7. The summed E-state index contributed by atoms with van der Waals surface area (Å²) < 4.78 is 17.0. The summed E-state index contributed by atoms with van der Waals surface area (Å²) in [5.74, 6) is -0.543.